The lowest BCUT2D eigenvalue weighted by atomic mass is 10.3. The van der Waals surface area contributed by atoms with E-state index in [1.807, 2.05) is 31.2 Å². The lowest BCUT2D eigenvalue weighted by molar-refractivity contribution is 0.229. The molecule has 1 atom stereocenters. The first-order chi connectivity index (χ1) is 10.7. The molecule has 1 aromatic rings. The van der Waals surface area contributed by atoms with Crippen LogP contribution < -0.4 is 20.1 Å². The number of rotatable bonds is 8. The monoisotopic (exact) mass is 305 g/mol. The van der Waals surface area contributed by atoms with Crippen LogP contribution in [0.3, 0.4) is 0 Å². The number of hydrogen-bond acceptors (Lipinski definition) is 3. The third kappa shape index (κ3) is 5.84. The van der Waals surface area contributed by atoms with Crippen LogP contribution in [0.2, 0.25) is 0 Å². The molecular weight excluding hydrogens is 278 g/mol. The fraction of sp³-hybridized carbons (Fsp3) is 0.588. The van der Waals surface area contributed by atoms with Gasteiger partial charge in [-0.1, -0.05) is 6.07 Å². The van der Waals surface area contributed by atoms with E-state index in [-0.39, 0.29) is 6.10 Å². The minimum atomic E-state index is 0.00323. The number of benzene rings is 1. The molecule has 1 unspecified atom stereocenters. The van der Waals surface area contributed by atoms with Crippen LogP contribution in [0.5, 0.6) is 11.5 Å². The van der Waals surface area contributed by atoms with Crippen molar-refractivity contribution in [3.8, 4) is 11.5 Å². The number of hydrogen-bond donors (Lipinski definition) is 2. The summed E-state index contributed by atoms with van der Waals surface area (Å²) in [5, 5.41) is 6.65. The number of aliphatic imine (C=N–C) groups is 1. The number of nitrogens with zero attached hydrogens (tertiary/aromatic N) is 1. The first kappa shape index (κ1) is 16.5. The molecule has 0 radical (unpaired) electrons. The van der Waals surface area contributed by atoms with E-state index >= 15 is 0 Å². The summed E-state index contributed by atoms with van der Waals surface area (Å²) in [6.45, 7) is 6.58. The van der Waals surface area contributed by atoms with Crippen molar-refractivity contribution in [1.82, 2.24) is 10.6 Å². The van der Waals surface area contributed by atoms with Crippen molar-refractivity contribution in [2.24, 2.45) is 10.9 Å². The second kappa shape index (κ2) is 8.51. The molecule has 5 heteroatoms. The molecule has 0 saturated heterocycles. The molecule has 1 aliphatic rings. The molecule has 0 bridgehead atoms. The van der Waals surface area contributed by atoms with Gasteiger partial charge >= 0.3 is 0 Å². The number of ether oxygens (including phenoxy) is 2. The molecule has 2 rings (SSSR count). The molecule has 0 spiro atoms. The van der Waals surface area contributed by atoms with Crippen molar-refractivity contribution in [2.45, 2.75) is 32.8 Å². The Morgan fingerprint density at radius 3 is 2.77 bits per heavy atom. The highest BCUT2D eigenvalue weighted by Gasteiger charge is 2.21. The summed E-state index contributed by atoms with van der Waals surface area (Å²) in [5.74, 6) is 3.30. The van der Waals surface area contributed by atoms with Crippen molar-refractivity contribution < 1.29 is 9.47 Å². The van der Waals surface area contributed by atoms with Gasteiger partial charge in [-0.25, -0.2) is 4.99 Å². The zero-order chi connectivity index (χ0) is 15.8. The molecule has 122 valence electrons. The summed E-state index contributed by atoms with van der Waals surface area (Å²) in [5.41, 5.74) is 0. The Labute approximate surface area is 133 Å². The summed E-state index contributed by atoms with van der Waals surface area (Å²) in [4.78, 5) is 4.59. The molecular formula is C17H27N3O2. The highest BCUT2D eigenvalue weighted by molar-refractivity contribution is 5.79. The summed E-state index contributed by atoms with van der Waals surface area (Å²) >= 11 is 0. The number of nitrogens with one attached hydrogen (secondary N) is 2. The van der Waals surface area contributed by atoms with Gasteiger partial charge < -0.3 is 20.1 Å². The van der Waals surface area contributed by atoms with Gasteiger partial charge in [0.2, 0.25) is 0 Å². The van der Waals surface area contributed by atoms with Crippen molar-refractivity contribution in [3.63, 3.8) is 0 Å². The molecule has 2 N–H and O–H groups in total. The minimum absolute atomic E-state index is 0.00323. The minimum Gasteiger partial charge on any atom is -0.497 e. The van der Waals surface area contributed by atoms with Gasteiger partial charge in [-0.15, -0.1) is 0 Å². The van der Waals surface area contributed by atoms with Gasteiger partial charge in [0.1, 0.15) is 17.6 Å². The van der Waals surface area contributed by atoms with E-state index in [0.717, 1.165) is 36.5 Å². The van der Waals surface area contributed by atoms with Crippen LogP contribution in [0.25, 0.3) is 0 Å². The molecule has 1 saturated carbocycles. The predicted octanol–water partition coefficient (Wildman–Crippen LogP) is 2.43. The van der Waals surface area contributed by atoms with Gasteiger partial charge in [-0.05, 0) is 44.7 Å². The zero-order valence-electron chi connectivity index (χ0n) is 13.8. The highest BCUT2D eigenvalue weighted by atomic mass is 16.5. The molecule has 1 aliphatic carbocycles. The van der Waals surface area contributed by atoms with Crippen LogP contribution in [0.1, 0.15) is 26.7 Å². The number of guanidine groups is 1. The zero-order valence-corrected chi connectivity index (χ0v) is 13.8. The normalized spacial score (nSPS) is 16.0. The quantitative estimate of drug-likeness (QED) is 0.572. The van der Waals surface area contributed by atoms with E-state index in [1.165, 1.54) is 12.8 Å². The van der Waals surface area contributed by atoms with Crippen molar-refractivity contribution in [2.75, 3.05) is 26.7 Å². The lowest BCUT2D eigenvalue weighted by Gasteiger charge is -2.15. The highest BCUT2D eigenvalue weighted by Crippen LogP contribution is 2.27. The molecule has 0 aromatic heterocycles. The molecule has 0 aliphatic heterocycles. The van der Waals surface area contributed by atoms with E-state index in [0.29, 0.717) is 6.54 Å². The van der Waals surface area contributed by atoms with Crippen molar-refractivity contribution >= 4 is 5.96 Å². The Kier molecular flexibility index (Phi) is 6.37. The van der Waals surface area contributed by atoms with Crippen LogP contribution >= 0.6 is 0 Å². The van der Waals surface area contributed by atoms with Crippen LogP contribution in [0.15, 0.2) is 29.3 Å². The first-order valence-corrected chi connectivity index (χ1v) is 8.04. The Balaban J connectivity index is 1.82. The molecule has 1 aromatic carbocycles. The SMILES string of the molecule is CCNC(=NCC(C)Oc1cccc(OC)c1)NCC1CC1. The van der Waals surface area contributed by atoms with E-state index in [4.69, 9.17) is 9.47 Å². The Morgan fingerprint density at radius 2 is 2.09 bits per heavy atom. The van der Waals surface area contributed by atoms with Crippen LogP contribution in [0, 0.1) is 5.92 Å². The lowest BCUT2D eigenvalue weighted by Crippen LogP contribution is -2.39. The van der Waals surface area contributed by atoms with E-state index in [2.05, 4.69) is 22.5 Å². The average Bonchev–Trinajstić information content (AvgIpc) is 3.34. The first-order valence-electron chi connectivity index (χ1n) is 8.04. The average molecular weight is 305 g/mol. The van der Waals surface area contributed by atoms with E-state index < -0.39 is 0 Å². The maximum Gasteiger partial charge on any atom is 0.191 e. The van der Waals surface area contributed by atoms with Crippen LogP contribution in [-0.2, 0) is 0 Å². The summed E-state index contributed by atoms with van der Waals surface area (Å²) in [6, 6.07) is 7.64. The fourth-order valence-corrected chi connectivity index (χ4v) is 2.07. The topological polar surface area (TPSA) is 54.9 Å². The summed E-state index contributed by atoms with van der Waals surface area (Å²) in [7, 11) is 1.65. The Morgan fingerprint density at radius 1 is 1.32 bits per heavy atom. The maximum atomic E-state index is 5.88. The van der Waals surface area contributed by atoms with Crippen LogP contribution in [-0.4, -0.2) is 38.8 Å². The second-order valence-corrected chi connectivity index (χ2v) is 5.65. The smallest absolute Gasteiger partial charge is 0.191 e. The third-order valence-electron chi connectivity index (χ3n) is 3.48. The fourth-order valence-electron chi connectivity index (χ4n) is 2.07. The van der Waals surface area contributed by atoms with E-state index in [9.17, 15) is 0 Å². The van der Waals surface area contributed by atoms with E-state index in [1.54, 1.807) is 7.11 Å². The van der Waals surface area contributed by atoms with Gasteiger partial charge in [-0.2, -0.15) is 0 Å². The van der Waals surface area contributed by atoms with Crippen molar-refractivity contribution in [1.29, 1.82) is 0 Å². The van der Waals surface area contributed by atoms with Crippen molar-refractivity contribution in [3.05, 3.63) is 24.3 Å². The Bertz CT molecular complexity index is 487. The van der Waals surface area contributed by atoms with Gasteiger partial charge in [0.25, 0.3) is 0 Å². The third-order valence-corrected chi connectivity index (χ3v) is 3.48. The largest absolute Gasteiger partial charge is 0.497 e. The molecule has 5 nitrogen and oxygen atoms in total. The summed E-state index contributed by atoms with van der Waals surface area (Å²) in [6.07, 6.45) is 2.67. The molecule has 22 heavy (non-hydrogen) atoms. The summed E-state index contributed by atoms with van der Waals surface area (Å²) < 4.78 is 11.1. The Hall–Kier alpha value is -1.91. The molecule has 0 heterocycles. The maximum absolute atomic E-state index is 5.88. The molecule has 0 amide bonds. The molecule has 1 fully saturated rings. The number of methoxy groups -OCH3 is 1. The van der Waals surface area contributed by atoms with Gasteiger partial charge in [0.05, 0.1) is 13.7 Å². The standard InChI is InChI=1S/C17H27N3O2/c1-4-18-17(20-12-14-8-9-14)19-11-13(2)22-16-7-5-6-15(10-16)21-3/h5-7,10,13-14H,4,8-9,11-12H2,1-3H3,(H2,18,19,20). The van der Waals surface area contributed by atoms with Gasteiger partial charge in [0, 0.05) is 19.2 Å². The van der Waals surface area contributed by atoms with Gasteiger partial charge in [-0.3, -0.25) is 0 Å². The second-order valence-electron chi connectivity index (χ2n) is 5.65. The van der Waals surface area contributed by atoms with Gasteiger partial charge in [0.15, 0.2) is 5.96 Å². The predicted molar refractivity (Wildman–Crippen MR) is 89.8 cm³/mol. The van der Waals surface area contributed by atoms with Crippen LogP contribution in [0.4, 0.5) is 0 Å².